The molecule has 2 heterocycles. The van der Waals surface area contributed by atoms with Crippen molar-refractivity contribution in [3.8, 4) is 0 Å². The minimum Gasteiger partial charge on any atom is -0.381 e. The lowest BCUT2D eigenvalue weighted by molar-refractivity contribution is 0.105. The normalized spacial score (nSPS) is 11.6. The topological polar surface area (TPSA) is 42.8 Å². The van der Waals surface area contributed by atoms with Crippen molar-refractivity contribution in [2.45, 2.75) is 26.8 Å². The van der Waals surface area contributed by atoms with Gasteiger partial charge < -0.3 is 14.3 Å². The maximum Gasteiger partial charge on any atom is 0.179 e. The van der Waals surface area contributed by atoms with Crippen LogP contribution in [0.3, 0.4) is 0 Å². The Morgan fingerprint density at radius 2 is 2.32 bits per heavy atom. The molecule has 2 rings (SSSR count). The molecule has 0 saturated carbocycles. The van der Waals surface area contributed by atoms with E-state index >= 15 is 0 Å². The van der Waals surface area contributed by atoms with Crippen molar-refractivity contribution in [2.75, 3.05) is 13.2 Å². The van der Waals surface area contributed by atoms with Gasteiger partial charge in [-0.3, -0.25) is 0 Å². The highest BCUT2D eigenvalue weighted by molar-refractivity contribution is 9.10. The van der Waals surface area contributed by atoms with Crippen LogP contribution in [0.2, 0.25) is 0 Å². The summed E-state index contributed by atoms with van der Waals surface area (Å²) in [5.41, 5.74) is 1.86. The standard InChI is InChI=1S/C13H18BrN3OS/c1-9(2)8-18-5-3-4-17-12-11(16-13(17)19)6-10(14)7-15-12/h6-7,9H,3-5,8H2,1-2H3,(H,16,19). The van der Waals surface area contributed by atoms with Gasteiger partial charge in [0.25, 0.3) is 0 Å². The summed E-state index contributed by atoms with van der Waals surface area (Å²) >= 11 is 8.73. The number of ether oxygens (including phenoxy) is 1. The van der Waals surface area contributed by atoms with Crippen LogP contribution in [0.5, 0.6) is 0 Å². The van der Waals surface area contributed by atoms with E-state index in [4.69, 9.17) is 17.0 Å². The lowest BCUT2D eigenvalue weighted by Crippen LogP contribution is -2.07. The van der Waals surface area contributed by atoms with Gasteiger partial charge >= 0.3 is 0 Å². The minimum absolute atomic E-state index is 0.578. The molecule has 0 bridgehead atoms. The van der Waals surface area contributed by atoms with E-state index in [9.17, 15) is 0 Å². The Morgan fingerprint density at radius 3 is 3.05 bits per heavy atom. The fraction of sp³-hybridized carbons (Fsp3) is 0.538. The monoisotopic (exact) mass is 343 g/mol. The Bertz CT molecular complexity index is 605. The molecule has 6 heteroatoms. The highest BCUT2D eigenvalue weighted by Gasteiger charge is 2.06. The van der Waals surface area contributed by atoms with Gasteiger partial charge in [0.1, 0.15) is 0 Å². The average molecular weight is 344 g/mol. The first-order valence-corrected chi connectivity index (χ1v) is 7.60. The van der Waals surface area contributed by atoms with Crippen molar-refractivity contribution < 1.29 is 4.74 Å². The van der Waals surface area contributed by atoms with E-state index in [2.05, 4.69) is 39.7 Å². The first-order chi connectivity index (χ1) is 9.08. The van der Waals surface area contributed by atoms with Crippen LogP contribution < -0.4 is 0 Å². The number of pyridine rings is 1. The number of aromatic nitrogens is 3. The number of aryl methyl sites for hydroxylation is 1. The zero-order valence-corrected chi connectivity index (χ0v) is 13.6. The summed E-state index contributed by atoms with van der Waals surface area (Å²) in [6, 6.07) is 1.99. The van der Waals surface area contributed by atoms with Crippen molar-refractivity contribution in [2.24, 2.45) is 5.92 Å². The molecule has 0 aliphatic carbocycles. The molecule has 0 radical (unpaired) electrons. The zero-order valence-electron chi connectivity index (χ0n) is 11.1. The number of halogens is 1. The van der Waals surface area contributed by atoms with E-state index in [1.54, 1.807) is 6.20 Å². The molecular weight excluding hydrogens is 326 g/mol. The number of hydrogen-bond acceptors (Lipinski definition) is 3. The predicted octanol–water partition coefficient (Wildman–Crippen LogP) is 3.92. The van der Waals surface area contributed by atoms with Crippen LogP contribution in [0, 0.1) is 10.7 Å². The van der Waals surface area contributed by atoms with E-state index < -0.39 is 0 Å². The van der Waals surface area contributed by atoms with E-state index in [1.165, 1.54) is 0 Å². The van der Waals surface area contributed by atoms with E-state index in [1.807, 2.05) is 10.6 Å². The molecule has 4 nitrogen and oxygen atoms in total. The molecule has 1 N–H and O–H groups in total. The molecule has 19 heavy (non-hydrogen) atoms. The first kappa shape index (κ1) is 14.7. The van der Waals surface area contributed by atoms with E-state index in [0.717, 1.165) is 41.8 Å². The molecule has 2 aromatic rings. The Labute approximate surface area is 126 Å². The number of nitrogens with zero attached hydrogens (tertiary/aromatic N) is 2. The third-order valence-electron chi connectivity index (χ3n) is 2.70. The SMILES string of the molecule is CC(C)COCCCn1c(=S)[nH]c2cc(Br)cnc21. The van der Waals surface area contributed by atoms with Crippen molar-refractivity contribution in [3.63, 3.8) is 0 Å². The quantitative estimate of drug-likeness (QED) is 0.638. The second-order valence-corrected chi connectivity index (χ2v) is 6.23. The molecule has 0 aliphatic rings. The molecule has 0 spiro atoms. The average Bonchev–Trinajstić information content (AvgIpc) is 2.64. The fourth-order valence-corrected chi connectivity index (χ4v) is 2.49. The Kier molecular flexibility index (Phi) is 5.13. The van der Waals surface area contributed by atoms with Crippen LogP contribution in [0.25, 0.3) is 11.2 Å². The predicted molar refractivity (Wildman–Crippen MR) is 82.9 cm³/mol. The van der Waals surface area contributed by atoms with Gasteiger partial charge in [-0.15, -0.1) is 0 Å². The molecule has 0 aliphatic heterocycles. The Balaban J connectivity index is 2.00. The van der Waals surface area contributed by atoms with Crippen LogP contribution in [-0.4, -0.2) is 27.7 Å². The van der Waals surface area contributed by atoms with Gasteiger partial charge in [0.05, 0.1) is 5.52 Å². The number of rotatable bonds is 6. The number of hydrogen-bond donors (Lipinski definition) is 1. The molecule has 0 fully saturated rings. The van der Waals surface area contributed by atoms with Crippen LogP contribution >= 0.6 is 28.1 Å². The van der Waals surface area contributed by atoms with Crippen LogP contribution in [0.15, 0.2) is 16.7 Å². The highest BCUT2D eigenvalue weighted by atomic mass is 79.9. The summed E-state index contributed by atoms with van der Waals surface area (Å²) in [4.78, 5) is 7.58. The third-order valence-corrected chi connectivity index (χ3v) is 3.45. The van der Waals surface area contributed by atoms with Crippen LogP contribution in [0.4, 0.5) is 0 Å². The zero-order chi connectivity index (χ0) is 13.8. The summed E-state index contributed by atoms with van der Waals surface area (Å²) in [6.07, 6.45) is 2.72. The van der Waals surface area contributed by atoms with Crippen molar-refractivity contribution in [1.29, 1.82) is 0 Å². The Morgan fingerprint density at radius 1 is 1.53 bits per heavy atom. The highest BCUT2D eigenvalue weighted by Crippen LogP contribution is 2.17. The maximum absolute atomic E-state index is 5.58. The number of fused-ring (bicyclic) bond motifs is 1. The second kappa shape index (κ2) is 6.63. The molecular formula is C13H18BrN3OS. The van der Waals surface area contributed by atoms with Crippen molar-refractivity contribution in [3.05, 3.63) is 21.5 Å². The molecule has 0 amide bonds. The van der Waals surface area contributed by atoms with Gasteiger partial charge in [-0.25, -0.2) is 4.98 Å². The largest absolute Gasteiger partial charge is 0.381 e. The summed E-state index contributed by atoms with van der Waals surface area (Å²) in [5, 5.41) is 0. The lowest BCUT2D eigenvalue weighted by atomic mass is 10.2. The first-order valence-electron chi connectivity index (χ1n) is 6.39. The van der Waals surface area contributed by atoms with Crippen molar-refractivity contribution in [1.82, 2.24) is 14.5 Å². The number of H-pyrrole nitrogens is 1. The molecule has 2 aromatic heterocycles. The van der Waals surface area contributed by atoms with Gasteiger partial charge in [-0.05, 0) is 46.6 Å². The summed E-state index contributed by atoms with van der Waals surface area (Å²) < 4.78 is 9.26. The second-order valence-electron chi connectivity index (χ2n) is 4.93. The smallest absolute Gasteiger partial charge is 0.179 e. The maximum atomic E-state index is 5.58. The van der Waals surface area contributed by atoms with Gasteiger partial charge in [0, 0.05) is 30.4 Å². The fourth-order valence-electron chi connectivity index (χ4n) is 1.87. The minimum atomic E-state index is 0.578. The lowest BCUT2D eigenvalue weighted by Gasteiger charge is -2.07. The Hall–Kier alpha value is -0.720. The summed E-state index contributed by atoms with van der Waals surface area (Å²) in [5.74, 6) is 0.578. The van der Waals surface area contributed by atoms with E-state index in [0.29, 0.717) is 10.7 Å². The van der Waals surface area contributed by atoms with Crippen LogP contribution in [-0.2, 0) is 11.3 Å². The van der Waals surface area contributed by atoms with E-state index in [-0.39, 0.29) is 0 Å². The summed E-state index contributed by atoms with van der Waals surface area (Å²) in [7, 11) is 0. The van der Waals surface area contributed by atoms with Gasteiger partial charge in [0.2, 0.25) is 0 Å². The molecule has 0 unspecified atom stereocenters. The third kappa shape index (κ3) is 3.87. The van der Waals surface area contributed by atoms with Gasteiger partial charge in [-0.1, -0.05) is 13.8 Å². The van der Waals surface area contributed by atoms with Gasteiger partial charge in [-0.2, -0.15) is 0 Å². The number of aromatic amines is 1. The van der Waals surface area contributed by atoms with Crippen molar-refractivity contribution >= 4 is 39.3 Å². The van der Waals surface area contributed by atoms with Gasteiger partial charge in [0.15, 0.2) is 10.4 Å². The number of nitrogens with one attached hydrogen (secondary N) is 1. The molecule has 0 aromatic carbocycles. The summed E-state index contributed by atoms with van der Waals surface area (Å²) in [6.45, 7) is 6.69. The molecule has 0 saturated heterocycles. The van der Waals surface area contributed by atoms with Crippen LogP contribution in [0.1, 0.15) is 20.3 Å². The number of imidazole rings is 1. The molecule has 0 atom stereocenters. The molecule has 104 valence electrons.